The number of fused-ring (bicyclic) bond motifs is 1. The highest BCUT2D eigenvalue weighted by Crippen LogP contribution is 2.44. The van der Waals surface area contributed by atoms with Gasteiger partial charge in [0.05, 0.1) is 5.69 Å². The van der Waals surface area contributed by atoms with E-state index in [9.17, 15) is 13.2 Å². The molecule has 2 fully saturated rings. The molecule has 7 nitrogen and oxygen atoms in total. The van der Waals surface area contributed by atoms with E-state index < -0.39 is 12.1 Å². The molecule has 1 spiro atoms. The van der Waals surface area contributed by atoms with Gasteiger partial charge in [0.2, 0.25) is 0 Å². The lowest BCUT2D eigenvalue weighted by atomic mass is 9.72. The zero-order valence-corrected chi connectivity index (χ0v) is 16.9. The maximum absolute atomic E-state index is 10.6. The first-order valence-corrected chi connectivity index (χ1v) is 9.88. The molecule has 0 saturated carbocycles. The van der Waals surface area contributed by atoms with E-state index in [1.54, 1.807) is 0 Å². The number of aliphatic carboxylic acids is 1. The highest BCUT2D eigenvalue weighted by atomic mass is 19.4. The molecule has 30 heavy (non-hydrogen) atoms. The molecule has 10 heteroatoms. The zero-order valence-electron chi connectivity index (χ0n) is 16.9. The van der Waals surface area contributed by atoms with Gasteiger partial charge < -0.3 is 20.0 Å². The lowest BCUT2D eigenvalue weighted by molar-refractivity contribution is -0.192. The Morgan fingerprint density at radius 2 is 2.03 bits per heavy atom. The maximum atomic E-state index is 10.6. The minimum Gasteiger partial charge on any atom is -0.475 e. The molecule has 4 rings (SSSR count). The van der Waals surface area contributed by atoms with Gasteiger partial charge >= 0.3 is 12.1 Å². The fraction of sp³-hybridized carbons (Fsp3) is 0.600. The molecular weight excluding hydrogens is 401 g/mol. The van der Waals surface area contributed by atoms with E-state index in [-0.39, 0.29) is 0 Å². The van der Waals surface area contributed by atoms with Crippen LogP contribution < -0.4 is 5.73 Å². The number of hydrogen-bond donors (Lipinski definition) is 2. The van der Waals surface area contributed by atoms with Gasteiger partial charge in [-0.2, -0.15) is 13.2 Å². The molecule has 0 bridgehead atoms. The Labute approximate surface area is 172 Å². The molecule has 2 aromatic rings. The quantitative estimate of drug-likeness (QED) is 0.780. The van der Waals surface area contributed by atoms with Crippen LogP contribution in [-0.4, -0.2) is 64.4 Å². The zero-order chi connectivity index (χ0) is 21.9. The molecule has 0 amide bonds. The van der Waals surface area contributed by atoms with Gasteiger partial charge in [-0.3, -0.25) is 4.90 Å². The number of imidazole rings is 1. The summed E-state index contributed by atoms with van der Waals surface area (Å²) in [4.78, 5) is 16.2. The number of alkyl halides is 3. The van der Waals surface area contributed by atoms with Crippen molar-refractivity contribution < 1.29 is 27.8 Å². The van der Waals surface area contributed by atoms with Crippen LogP contribution in [0.2, 0.25) is 0 Å². The Morgan fingerprint density at radius 3 is 2.60 bits per heavy atom. The molecule has 1 unspecified atom stereocenters. The van der Waals surface area contributed by atoms with E-state index in [4.69, 9.17) is 25.4 Å². The van der Waals surface area contributed by atoms with Gasteiger partial charge in [-0.1, -0.05) is 6.07 Å². The monoisotopic (exact) mass is 428 g/mol. The summed E-state index contributed by atoms with van der Waals surface area (Å²) in [5, 5.41) is 7.12. The van der Waals surface area contributed by atoms with Crippen molar-refractivity contribution in [2.45, 2.75) is 32.5 Å². The Bertz CT molecular complexity index is 878. The molecule has 2 saturated heterocycles. The van der Waals surface area contributed by atoms with Gasteiger partial charge in [-0.05, 0) is 49.8 Å². The predicted molar refractivity (Wildman–Crippen MR) is 104 cm³/mol. The summed E-state index contributed by atoms with van der Waals surface area (Å²) in [6.07, 6.45) is -0.609. The second kappa shape index (κ2) is 8.91. The molecule has 2 aliphatic heterocycles. The number of ether oxygens (including phenoxy) is 1. The van der Waals surface area contributed by atoms with Crippen molar-refractivity contribution in [2.75, 3.05) is 32.8 Å². The van der Waals surface area contributed by atoms with Crippen LogP contribution in [0.15, 0.2) is 24.4 Å². The van der Waals surface area contributed by atoms with Crippen LogP contribution in [0.25, 0.3) is 5.65 Å². The Balaban J connectivity index is 0.000000318. The number of aryl methyl sites for hydroxylation is 1. The van der Waals surface area contributed by atoms with E-state index in [1.807, 2.05) is 0 Å². The number of carboxylic acid groups (broad SMARTS) is 1. The number of carboxylic acids is 1. The fourth-order valence-electron chi connectivity index (χ4n) is 4.44. The van der Waals surface area contributed by atoms with Crippen molar-refractivity contribution in [3.05, 3.63) is 35.8 Å². The first kappa shape index (κ1) is 22.5. The molecule has 0 aliphatic carbocycles. The topological polar surface area (TPSA) is 93.1 Å². The van der Waals surface area contributed by atoms with E-state index in [0.717, 1.165) is 63.6 Å². The van der Waals surface area contributed by atoms with Crippen LogP contribution >= 0.6 is 0 Å². The number of carbonyl (C=O) groups is 1. The van der Waals surface area contributed by atoms with Gasteiger partial charge in [0.1, 0.15) is 5.65 Å². The van der Waals surface area contributed by atoms with Gasteiger partial charge in [0, 0.05) is 44.7 Å². The van der Waals surface area contributed by atoms with Crippen molar-refractivity contribution in [3.8, 4) is 0 Å². The van der Waals surface area contributed by atoms with Crippen LogP contribution in [0, 0.1) is 18.3 Å². The molecule has 1 atom stereocenters. The minimum absolute atomic E-state index is 0.363. The number of pyridine rings is 1. The molecule has 0 aromatic carbocycles. The third-order valence-electron chi connectivity index (χ3n) is 6.03. The Hall–Kier alpha value is -2.17. The van der Waals surface area contributed by atoms with Crippen LogP contribution in [0.1, 0.15) is 24.2 Å². The van der Waals surface area contributed by atoms with Crippen molar-refractivity contribution in [2.24, 2.45) is 17.1 Å². The number of halogens is 3. The highest BCUT2D eigenvalue weighted by molar-refractivity contribution is 5.73. The number of rotatable bonds is 3. The molecule has 2 aliphatic rings. The normalized spacial score (nSPS) is 21.6. The summed E-state index contributed by atoms with van der Waals surface area (Å²) in [6, 6.07) is 6.26. The van der Waals surface area contributed by atoms with E-state index in [1.165, 1.54) is 5.69 Å². The smallest absolute Gasteiger partial charge is 0.475 e. The molecule has 3 N–H and O–H groups in total. The van der Waals surface area contributed by atoms with Crippen LogP contribution in [0.5, 0.6) is 0 Å². The van der Waals surface area contributed by atoms with Gasteiger partial charge in [0.15, 0.2) is 0 Å². The fourth-order valence-corrected chi connectivity index (χ4v) is 4.44. The number of aromatic nitrogens is 2. The largest absolute Gasteiger partial charge is 0.490 e. The van der Waals surface area contributed by atoms with Crippen LogP contribution in [0.3, 0.4) is 0 Å². The van der Waals surface area contributed by atoms with Crippen molar-refractivity contribution in [1.82, 2.24) is 14.3 Å². The van der Waals surface area contributed by atoms with Crippen molar-refractivity contribution in [1.29, 1.82) is 0 Å². The molecule has 2 aromatic heterocycles. The van der Waals surface area contributed by atoms with Gasteiger partial charge in [-0.15, -0.1) is 0 Å². The maximum Gasteiger partial charge on any atom is 0.490 e. The lowest BCUT2D eigenvalue weighted by Crippen LogP contribution is -2.39. The Kier molecular flexibility index (Phi) is 6.68. The standard InChI is InChI=1S/C18H26N4O.C2HF3O2/c1-14-3-2-4-17-20-16(12-22(14)17)11-21-10-15(9-19)18(13-21)5-7-23-8-6-18;3-2(4,5)1(6)7/h2-4,12,15H,5-11,13,19H2,1H3;(H,6,7). The number of nitrogens with two attached hydrogens (primary N) is 1. The summed E-state index contributed by atoms with van der Waals surface area (Å²) >= 11 is 0. The second-order valence-electron chi connectivity index (χ2n) is 8.01. The molecule has 166 valence electrons. The lowest BCUT2D eigenvalue weighted by Gasteiger charge is -2.37. The molecule has 4 heterocycles. The number of hydrogen-bond acceptors (Lipinski definition) is 5. The minimum atomic E-state index is -5.08. The van der Waals surface area contributed by atoms with Crippen LogP contribution in [-0.2, 0) is 16.1 Å². The first-order chi connectivity index (χ1) is 14.1. The van der Waals surface area contributed by atoms with E-state index >= 15 is 0 Å². The number of likely N-dealkylation sites (tertiary alicyclic amines) is 1. The van der Waals surface area contributed by atoms with Crippen molar-refractivity contribution in [3.63, 3.8) is 0 Å². The average Bonchev–Trinajstić information content (AvgIpc) is 3.24. The summed E-state index contributed by atoms with van der Waals surface area (Å²) in [5.74, 6) is -2.17. The summed E-state index contributed by atoms with van der Waals surface area (Å²) in [7, 11) is 0. The van der Waals surface area contributed by atoms with Gasteiger partial charge in [-0.25, -0.2) is 9.78 Å². The van der Waals surface area contributed by atoms with Crippen molar-refractivity contribution >= 4 is 11.6 Å². The molecular formula is C20H27F3N4O3. The first-order valence-electron chi connectivity index (χ1n) is 9.88. The Morgan fingerprint density at radius 1 is 1.37 bits per heavy atom. The summed E-state index contributed by atoms with van der Waals surface area (Å²) in [5.41, 5.74) is 9.87. The second-order valence-corrected chi connectivity index (χ2v) is 8.01. The van der Waals surface area contributed by atoms with Crippen LogP contribution in [0.4, 0.5) is 13.2 Å². The van der Waals surface area contributed by atoms with E-state index in [2.05, 4.69) is 40.6 Å². The average molecular weight is 428 g/mol. The van der Waals surface area contributed by atoms with E-state index in [0.29, 0.717) is 11.3 Å². The third-order valence-corrected chi connectivity index (χ3v) is 6.03. The third kappa shape index (κ3) is 4.93. The predicted octanol–water partition coefficient (Wildman–Crippen LogP) is 2.46. The highest BCUT2D eigenvalue weighted by Gasteiger charge is 2.46. The summed E-state index contributed by atoms with van der Waals surface area (Å²) in [6.45, 7) is 7.81. The molecule has 0 radical (unpaired) electrons. The summed E-state index contributed by atoms with van der Waals surface area (Å²) < 4.78 is 39.5. The van der Waals surface area contributed by atoms with Gasteiger partial charge in [0.25, 0.3) is 0 Å². The number of nitrogens with zero attached hydrogens (tertiary/aromatic N) is 3. The SMILES string of the molecule is Cc1cccc2nc(CN3CC(CN)C4(CCOCC4)C3)cn12.O=C(O)C(F)(F)F.